The van der Waals surface area contributed by atoms with Gasteiger partial charge in [-0.05, 0) is 260 Å². The minimum absolute atomic E-state index is 0.437. The molecule has 108 heavy (non-hydrogen) atoms. The van der Waals surface area contributed by atoms with Crippen molar-refractivity contribution >= 4 is 32.3 Å². The summed E-state index contributed by atoms with van der Waals surface area (Å²) in [6.07, 6.45) is 26.1. The molecule has 3 nitrogen and oxygen atoms in total. The molecule has 0 N–H and O–H groups in total. The molecule has 0 aliphatic heterocycles. The van der Waals surface area contributed by atoms with Crippen LogP contribution < -0.4 is 13.7 Å². The van der Waals surface area contributed by atoms with Crippen LogP contribution in [0.25, 0.3) is 122 Å². The summed E-state index contributed by atoms with van der Waals surface area (Å²) in [7, 11) is 6.54. The maximum atomic E-state index is 2.45. The Labute approximate surface area is 644 Å². The lowest BCUT2D eigenvalue weighted by Gasteiger charge is -2.24. The van der Waals surface area contributed by atoms with Crippen LogP contribution in [0.5, 0.6) is 0 Å². The highest BCUT2D eigenvalue weighted by molar-refractivity contribution is 5.94. The van der Waals surface area contributed by atoms with Crippen molar-refractivity contribution in [2.45, 2.75) is 175 Å². The summed E-state index contributed by atoms with van der Waals surface area (Å²) in [5, 5.41) is 7.80. The zero-order chi connectivity index (χ0) is 74.5. The molecule has 3 heteroatoms. The normalized spacial score (nSPS) is 14.3. The third-order valence-electron chi connectivity index (χ3n) is 24.5. The van der Waals surface area contributed by atoms with Gasteiger partial charge in [0.05, 0.1) is 0 Å². The first kappa shape index (κ1) is 73.2. The Hall–Kier alpha value is -10.4. The lowest BCUT2D eigenvalue weighted by atomic mass is 9.81. The van der Waals surface area contributed by atoms with Crippen molar-refractivity contribution in [3.63, 3.8) is 0 Å². The third kappa shape index (κ3) is 16.0. The predicted molar refractivity (Wildman–Crippen MR) is 459 cm³/mol. The van der Waals surface area contributed by atoms with Gasteiger partial charge < -0.3 is 0 Å². The first-order valence-electron chi connectivity index (χ1n) is 40.6. The highest BCUT2D eigenvalue weighted by Gasteiger charge is 2.28. The highest BCUT2D eigenvalue weighted by Crippen LogP contribution is 2.43. The monoisotopic (exact) mass is 1410 g/mol. The standard InChI is InChI=1S/C38H40N.C37H38N.C30H32N/c1-26(2)37-25-39(4)38(35-13-9-8-10-27(35)3)24-36(37)34-21-20-32-22-31(18-19-33(32)23-34)30-16-14-29(15-17-30)28-11-6-5-7-12-28;1-25(2)36-24-38(4)37(34-12-8-5-9-26(34)3)23-35(36)33-20-19-31-21-30(17-18-32(31)22-33)29-15-13-28(14-16-29)27-10-6-7-11-27;1-21-13-14-25-18-26(16-15-24(25)17-21)28-19-30(27-12-8-7-9-22(27)2)31(3)20-29(28)23-10-5-4-6-11-23/h8-10,13-26,28H,5-7,11-12H2,1-4H3;5,8-9,12-25,27H,6-7,10-11H2,1-4H3;7-9,12-20,23H,4-6,10-11H2,1-3H3/q3*+1. The molecule has 3 heterocycles. The van der Waals surface area contributed by atoms with Crippen molar-refractivity contribution < 1.29 is 13.7 Å². The van der Waals surface area contributed by atoms with Gasteiger partial charge in [-0.1, -0.05) is 267 Å². The van der Waals surface area contributed by atoms with E-state index in [1.54, 1.807) is 0 Å². The van der Waals surface area contributed by atoms with E-state index in [0.29, 0.717) is 17.8 Å². The number of hydrogen-bond donors (Lipinski definition) is 0. The maximum absolute atomic E-state index is 2.45. The Bertz CT molecular complexity index is 5550. The van der Waals surface area contributed by atoms with E-state index in [9.17, 15) is 0 Å². The molecule has 14 aromatic rings. The summed E-state index contributed by atoms with van der Waals surface area (Å²) in [5.74, 6) is 3.06. The summed E-state index contributed by atoms with van der Waals surface area (Å²) in [6, 6.07) is 93.6. The largest absolute Gasteiger partial charge is 0.213 e. The van der Waals surface area contributed by atoms with Crippen LogP contribution in [0, 0.1) is 27.7 Å². The van der Waals surface area contributed by atoms with Gasteiger partial charge in [0.2, 0.25) is 17.1 Å². The van der Waals surface area contributed by atoms with E-state index in [0.717, 1.165) is 11.8 Å². The fraction of sp³-hybridized carbons (Fsp3) is 0.286. The molecule has 0 bridgehead atoms. The number of hydrogen-bond acceptors (Lipinski definition) is 0. The molecular weight excluding hydrogens is 1300 g/mol. The second-order valence-corrected chi connectivity index (χ2v) is 32.7. The van der Waals surface area contributed by atoms with Crippen LogP contribution in [-0.4, -0.2) is 0 Å². The molecular formula is C105H110N3+3. The van der Waals surface area contributed by atoms with Crippen LogP contribution in [0.4, 0.5) is 0 Å². The fourth-order valence-corrected chi connectivity index (χ4v) is 18.1. The number of rotatable bonds is 13. The smallest absolute Gasteiger partial charge is 0.201 e. The molecule has 0 spiro atoms. The van der Waals surface area contributed by atoms with Gasteiger partial charge in [-0.15, -0.1) is 0 Å². The Balaban J connectivity index is 0.000000130. The van der Waals surface area contributed by atoms with Crippen molar-refractivity contribution in [2.24, 2.45) is 21.1 Å². The lowest BCUT2D eigenvalue weighted by Crippen LogP contribution is -2.32. The Kier molecular flexibility index (Phi) is 22.1. The first-order chi connectivity index (χ1) is 52.5. The molecule has 11 aromatic carbocycles. The van der Waals surface area contributed by atoms with Crippen molar-refractivity contribution in [3.05, 3.63) is 317 Å². The topological polar surface area (TPSA) is 11.6 Å². The van der Waals surface area contributed by atoms with Gasteiger partial charge in [-0.2, -0.15) is 0 Å². The summed E-state index contributed by atoms with van der Waals surface area (Å²) in [4.78, 5) is 0. The van der Waals surface area contributed by atoms with Gasteiger partial charge in [0.1, 0.15) is 21.1 Å². The minimum Gasteiger partial charge on any atom is -0.201 e. The molecule has 3 fully saturated rings. The van der Waals surface area contributed by atoms with Gasteiger partial charge >= 0.3 is 0 Å². The molecule has 0 saturated heterocycles. The van der Waals surface area contributed by atoms with Gasteiger partial charge in [-0.25, -0.2) is 13.7 Å². The summed E-state index contributed by atoms with van der Waals surface area (Å²) in [5.41, 5.74) is 33.4. The molecule has 0 unspecified atom stereocenters. The average molecular weight is 1410 g/mol. The van der Waals surface area contributed by atoms with Crippen molar-refractivity contribution in [2.75, 3.05) is 0 Å². The summed E-state index contributed by atoms with van der Waals surface area (Å²) in [6.45, 7) is 17.9. The van der Waals surface area contributed by atoms with Crippen LogP contribution in [0.1, 0.15) is 197 Å². The number of fused-ring (bicyclic) bond motifs is 3. The lowest BCUT2D eigenvalue weighted by molar-refractivity contribution is -0.660. The van der Waals surface area contributed by atoms with Crippen LogP contribution >= 0.6 is 0 Å². The van der Waals surface area contributed by atoms with Gasteiger partial charge in [0, 0.05) is 51.6 Å². The molecule has 0 atom stereocenters. The number of aryl methyl sites for hydroxylation is 7. The first-order valence-corrected chi connectivity index (χ1v) is 40.6. The predicted octanol–water partition coefficient (Wildman–Crippen LogP) is 27.6. The molecule has 3 aromatic heterocycles. The van der Waals surface area contributed by atoms with Gasteiger partial charge in [0.15, 0.2) is 18.6 Å². The molecule has 17 rings (SSSR count). The Morgan fingerprint density at radius 1 is 0.259 bits per heavy atom. The van der Waals surface area contributed by atoms with E-state index >= 15 is 0 Å². The number of pyridine rings is 3. The molecule has 0 radical (unpaired) electrons. The van der Waals surface area contributed by atoms with Crippen LogP contribution in [-0.2, 0) is 21.1 Å². The van der Waals surface area contributed by atoms with Gasteiger partial charge in [0.25, 0.3) is 0 Å². The van der Waals surface area contributed by atoms with Crippen LogP contribution in [0.2, 0.25) is 0 Å². The average Bonchev–Trinajstić information content (AvgIpc) is 0.786. The van der Waals surface area contributed by atoms with Gasteiger partial charge in [-0.3, -0.25) is 0 Å². The van der Waals surface area contributed by atoms with Crippen LogP contribution in [0.3, 0.4) is 0 Å². The zero-order valence-electron chi connectivity index (χ0n) is 66.0. The van der Waals surface area contributed by atoms with Crippen molar-refractivity contribution in [3.8, 4) is 89.4 Å². The summed E-state index contributed by atoms with van der Waals surface area (Å²) >= 11 is 0. The number of aromatic nitrogens is 3. The quantitative estimate of drug-likeness (QED) is 0.102. The van der Waals surface area contributed by atoms with E-state index in [-0.39, 0.29) is 0 Å². The van der Waals surface area contributed by atoms with Crippen molar-refractivity contribution in [1.29, 1.82) is 0 Å². The van der Waals surface area contributed by atoms with E-state index in [1.807, 2.05) is 0 Å². The zero-order valence-corrected chi connectivity index (χ0v) is 66.0. The fourth-order valence-electron chi connectivity index (χ4n) is 18.1. The minimum atomic E-state index is 0.437. The molecule has 3 aliphatic rings. The second kappa shape index (κ2) is 32.6. The van der Waals surface area contributed by atoms with E-state index in [4.69, 9.17) is 0 Å². The molecule has 542 valence electrons. The molecule has 3 aliphatic carbocycles. The van der Waals surface area contributed by atoms with E-state index < -0.39 is 0 Å². The van der Waals surface area contributed by atoms with Crippen molar-refractivity contribution in [1.82, 2.24) is 0 Å². The number of nitrogens with zero attached hydrogens (tertiary/aromatic N) is 3. The third-order valence-corrected chi connectivity index (χ3v) is 24.5. The Morgan fingerprint density at radius 3 is 0.935 bits per heavy atom. The Morgan fingerprint density at radius 2 is 0.556 bits per heavy atom. The number of benzene rings is 11. The van der Waals surface area contributed by atoms with E-state index in [1.165, 1.54) is 262 Å². The molecule has 0 amide bonds. The second-order valence-electron chi connectivity index (χ2n) is 32.7. The highest BCUT2D eigenvalue weighted by atomic mass is 14.9. The summed E-state index contributed by atoms with van der Waals surface area (Å²) < 4.78 is 6.92. The maximum Gasteiger partial charge on any atom is 0.213 e. The van der Waals surface area contributed by atoms with Crippen LogP contribution in [0.15, 0.2) is 267 Å². The molecule has 3 saturated carbocycles. The SMILES string of the molecule is Cc1ccc2cc(-c3cc(-c4ccccc4C)[n+](C)cc3C3CCCCC3)ccc2c1.Cc1ccccc1-c1cc(-c2ccc3cc(-c4ccc(C5CCCC5)cc4)ccc3c2)c(C(C)C)c[n+]1C.Cc1ccccc1-c1cc(-c2ccc3cc(-c4ccc(C5CCCCC5)cc4)ccc3c2)c(C(C)C)c[n+]1C. The van der Waals surface area contributed by atoms with E-state index in [2.05, 4.69) is 358 Å².